The van der Waals surface area contributed by atoms with Gasteiger partial charge < -0.3 is 15.0 Å². The molecule has 1 fully saturated rings. The summed E-state index contributed by atoms with van der Waals surface area (Å²) >= 11 is 0. The number of hydrogen-bond acceptors (Lipinski definition) is 4. The van der Waals surface area contributed by atoms with Crippen molar-refractivity contribution in [3.05, 3.63) is 24.3 Å². The Hall–Kier alpha value is -1.37. The van der Waals surface area contributed by atoms with E-state index in [4.69, 9.17) is 4.74 Å². The summed E-state index contributed by atoms with van der Waals surface area (Å²) < 4.78 is 5.48. The van der Waals surface area contributed by atoms with Crippen LogP contribution in [0.3, 0.4) is 0 Å². The molecule has 0 saturated carbocycles. The Morgan fingerprint density at radius 2 is 1.92 bits per heavy atom. The number of hydrogen-bond donors (Lipinski definition) is 1. The van der Waals surface area contributed by atoms with Gasteiger partial charge in [-0.2, -0.15) is 0 Å². The van der Waals surface area contributed by atoms with Crippen LogP contribution in [0.1, 0.15) is 20.8 Å². The summed E-state index contributed by atoms with van der Waals surface area (Å²) in [6.45, 7) is 14.9. The van der Waals surface area contributed by atoms with Gasteiger partial charge in [-0.3, -0.25) is 4.90 Å². The number of rotatable bonds is 4. The summed E-state index contributed by atoms with van der Waals surface area (Å²) in [5.41, 5.74) is 0.409. The summed E-state index contributed by atoms with van der Waals surface area (Å²) in [5, 5.41) is 4.79. The lowest BCUT2D eigenvalue weighted by atomic mass is 10.2. The highest BCUT2D eigenvalue weighted by molar-refractivity contribution is 6.90. The maximum Gasteiger partial charge on any atom is 0.414 e. The molecule has 1 N–H and O–H groups in total. The van der Waals surface area contributed by atoms with Gasteiger partial charge in [0.25, 0.3) is 0 Å². The first-order chi connectivity index (χ1) is 11.6. The second-order valence-electron chi connectivity index (χ2n) is 8.50. The standard InChI is InChI=1S/C19H33N3O2Si/c1-19(2,3)24-18(23)21(4)16-8-7-9-17(14-16)25(5,6)15-22-12-10-20-11-13-22/h7-9,14,20H,10-13,15H2,1-6H3. The predicted octanol–water partition coefficient (Wildman–Crippen LogP) is 2.42. The SMILES string of the molecule is CN(C(=O)OC(C)(C)C)c1cccc([Si](C)(C)CN2CCNCC2)c1. The van der Waals surface area contributed by atoms with Crippen LogP contribution in [0.25, 0.3) is 0 Å². The molecular weight excluding hydrogens is 330 g/mol. The molecular formula is C19H33N3O2Si. The second kappa shape index (κ2) is 7.89. The number of ether oxygens (including phenoxy) is 1. The van der Waals surface area contributed by atoms with E-state index in [1.165, 1.54) is 5.19 Å². The number of anilines is 1. The van der Waals surface area contributed by atoms with Crippen molar-refractivity contribution >= 4 is 25.0 Å². The molecule has 1 aromatic carbocycles. The number of carbonyl (C=O) groups is 1. The smallest absolute Gasteiger partial charge is 0.414 e. The van der Waals surface area contributed by atoms with Gasteiger partial charge >= 0.3 is 6.09 Å². The van der Waals surface area contributed by atoms with Crippen LogP contribution in [0, 0.1) is 0 Å². The molecule has 0 aliphatic carbocycles. The van der Waals surface area contributed by atoms with Crippen molar-refractivity contribution in [1.29, 1.82) is 0 Å². The Morgan fingerprint density at radius 1 is 1.28 bits per heavy atom. The van der Waals surface area contributed by atoms with Crippen molar-refractivity contribution in [2.45, 2.75) is 39.5 Å². The van der Waals surface area contributed by atoms with Gasteiger partial charge in [0.05, 0.1) is 8.07 Å². The molecule has 1 aliphatic heterocycles. The van der Waals surface area contributed by atoms with E-state index in [0.717, 1.165) is 38.0 Å². The highest BCUT2D eigenvalue weighted by Crippen LogP contribution is 2.17. The summed E-state index contributed by atoms with van der Waals surface area (Å²) in [7, 11) is 0.170. The van der Waals surface area contributed by atoms with E-state index >= 15 is 0 Å². The second-order valence-corrected chi connectivity index (χ2v) is 13.2. The number of nitrogens with one attached hydrogen (secondary N) is 1. The van der Waals surface area contributed by atoms with Gasteiger partial charge in [-0.25, -0.2) is 4.79 Å². The fraction of sp³-hybridized carbons (Fsp3) is 0.632. The zero-order chi connectivity index (χ0) is 18.7. The van der Waals surface area contributed by atoms with E-state index in [0.29, 0.717) is 0 Å². The van der Waals surface area contributed by atoms with Gasteiger partial charge in [0.2, 0.25) is 0 Å². The quantitative estimate of drug-likeness (QED) is 0.835. The molecule has 0 bridgehead atoms. The molecule has 1 aromatic rings. The Labute approximate surface area is 153 Å². The molecule has 2 rings (SSSR count). The van der Waals surface area contributed by atoms with Gasteiger partial charge in [0.15, 0.2) is 0 Å². The molecule has 0 radical (unpaired) electrons. The third-order valence-corrected chi connectivity index (χ3v) is 7.62. The molecule has 6 heteroatoms. The molecule has 1 heterocycles. The number of benzene rings is 1. The first-order valence-electron chi connectivity index (χ1n) is 9.09. The van der Waals surface area contributed by atoms with Crippen LogP contribution < -0.4 is 15.4 Å². The van der Waals surface area contributed by atoms with Crippen molar-refractivity contribution in [2.24, 2.45) is 0 Å². The molecule has 140 valence electrons. The van der Waals surface area contributed by atoms with Gasteiger partial charge in [0.1, 0.15) is 5.60 Å². The van der Waals surface area contributed by atoms with Crippen LogP contribution in [-0.2, 0) is 4.74 Å². The maximum absolute atomic E-state index is 12.3. The highest BCUT2D eigenvalue weighted by atomic mass is 28.3. The van der Waals surface area contributed by atoms with Crippen LogP contribution in [0.15, 0.2) is 24.3 Å². The topological polar surface area (TPSA) is 44.8 Å². The predicted molar refractivity (Wildman–Crippen MR) is 108 cm³/mol. The van der Waals surface area contributed by atoms with Crippen molar-refractivity contribution in [3.8, 4) is 0 Å². The Balaban J connectivity index is 2.12. The van der Waals surface area contributed by atoms with E-state index < -0.39 is 13.7 Å². The average Bonchev–Trinajstić information content (AvgIpc) is 2.53. The molecule has 0 aromatic heterocycles. The molecule has 0 atom stereocenters. The van der Waals surface area contributed by atoms with Crippen LogP contribution in [0.5, 0.6) is 0 Å². The van der Waals surface area contributed by atoms with Crippen LogP contribution in [0.4, 0.5) is 10.5 Å². The first kappa shape index (κ1) is 19.9. The van der Waals surface area contributed by atoms with Gasteiger partial charge in [-0.1, -0.05) is 30.4 Å². The molecule has 1 saturated heterocycles. The summed E-state index contributed by atoms with van der Waals surface area (Å²) in [6, 6.07) is 8.40. The molecule has 1 aliphatic rings. The largest absolute Gasteiger partial charge is 0.443 e. The lowest BCUT2D eigenvalue weighted by Crippen LogP contribution is -2.56. The van der Waals surface area contributed by atoms with Crippen molar-refractivity contribution in [1.82, 2.24) is 10.2 Å². The number of nitrogens with zero attached hydrogens (tertiary/aromatic N) is 2. The minimum Gasteiger partial charge on any atom is -0.443 e. The van der Waals surface area contributed by atoms with E-state index in [2.05, 4.69) is 41.5 Å². The summed E-state index contributed by atoms with van der Waals surface area (Å²) in [5.74, 6) is 0. The monoisotopic (exact) mass is 363 g/mol. The highest BCUT2D eigenvalue weighted by Gasteiger charge is 2.28. The molecule has 0 spiro atoms. The third-order valence-electron chi connectivity index (χ3n) is 4.51. The maximum atomic E-state index is 12.3. The first-order valence-corrected chi connectivity index (χ1v) is 12.3. The van der Waals surface area contributed by atoms with Crippen LogP contribution >= 0.6 is 0 Å². The minimum atomic E-state index is -1.61. The lowest BCUT2D eigenvalue weighted by Gasteiger charge is -2.34. The average molecular weight is 364 g/mol. The van der Waals surface area contributed by atoms with E-state index in [9.17, 15) is 4.79 Å². The Bertz CT molecular complexity index is 593. The van der Waals surface area contributed by atoms with Gasteiger partial charge in [0, 0.05) is 38.9 Å². The number of carbonyl (C=O) groups excluding carboxylic acids is 1. The van der Waals surface area contributed by atoms with E-state index in [-0.39, 0.29) is 6.09 Å². The summed E-state index contributed by atoms with van der Waals surface area (Å²) in [4.78, 5) is 16.5. The van der Waals surface area contributed by atoms with Crippen molar-refractivity contribution in [2.75, 3.05) is 44.3 Å². The van der Waals surface area contributed by atoms with Gasteiger partial charge in [-0.05, 0) is 39.1 Å². The normalized spacial score (nSPS) is 16.6. The lowest BCUT2D eigenvalue weighted by molar-refractivity contribution is 0.0589. The van der Waals surface area contributed by atoms with Gasteiger partial charge in [-0.15, -0.1) is 0 Å². The molecule has 5 nitrogen and oxygen atoms in total. The molecule has 25 heavy (non-hydrogen) atoms. The van der Waals surface area contributed by atoms with Crippen LogP contribution in [0.2, 0.25) is 13.1 Å². The van der Waals surface area contributed by atoms with E-state index in [1.807, 2.05) is 26.8 Å². The summed E-state index contributed by atoms with van der Waals surface area (Å²) in [6.07, 6.45) is 0.833. The number of piperazine rings is 1. The Morgan fingerprint density at radius 3 is 2.52 bits per heavy atom. The zero-order valence-electron chi connectivity index (χ0n) is 16.6. The number of amides is 1. The molecule has 1 amide bonds. The van der Waals surface area contributed by atoms with Crippen LogP contribution in [-0.4, -0.2) is 64.1 Å². The zero-order valence-corrected chi connectivity index (χ0v) is 17.6. The van der Waals surface area contributed by atoms with Crippen molar-refractivity contribution < 1.29 is 9.53 Å². The van der Waals surface area contributed by atoms with Crippen molar-refractivity contribution in [3.63, 3.8) is 0 Å². The fourth-order valence-corrected chi connectivity index (χ4v) is 5.79. The minimum absolute atomic E-state index is 0.314. The Kier molecular flexibility index (Phi) is 6.29. The third kappa shape index (κ3) is 5.83. The molecule has 0 unspecified atom stereocenters. The fourth-order valence-electron chi connectivity index (χ4n) is 3.09. The van der Waals surface area contributed by atoms with E-state index in [1.54, 1.807) is 11.9 Å².